The molecule has 0 saturated carbocycles. The fourth-order valence-corrected chi connectivity index (χ4v) is 2.93. The standard InChI is InChI=1S/C20H37N5O8/c1-10(2)8-14(20(32)33)24-18(30)13(6-4-5-7-21)23-19(31)16(11(3)26)25-17(29)12(22)9-15(27)28/h10-14,16,26H,4-9,21-22H2,1-3H3,(H,23,31)(H,24,30)(H,25,29)(H,27,28)(H,32,33). The number of carbonyl (C=O) groups is 5. The molecule has 0 aromatic rings. The first-order valence-corrected chi connectivity index (χ1v) is 10.8. The summed E-state index contributed by atoms with van der Waals surface area (Å²) < 4.78 is 0. The molecule has 0 saturated heterocycles. The van der Waals surface area contributed by atoms with Crippen LogP contribution in [0.25, 0.3) is 0 Å². The zero-order valence-electron chi connectivity index (χ0n) is 19.2. The van der Waals surface area contributed by atoms with Crippen molar-refractivity contribution in [2.24, 2.45) is 17.4 Å². The molecule has 0 bridgehead atoms. The van der Waals surface area contributed by atoms with Crippen LogP contribution in [0.5, 0.6) is 0 Å². The van der Waals surface area contributed by atoms with Gasteiger partial charge >= 0.3 is 11.9 Å². The summed E-state index contributed by atoms with van der Waals surface area (Å²) in [6, 6.07) is -5.28. The average molecular weight is 476 g/mol. The van der Waals surface area contributed by atoms with Crippen molar-refractivity contribution < 1.29 is 39.3 Å². The third-order valence-electron chi connectivity index (χ3n) is 4.70. The lowest BCUT2D eigenvalue weighted by Gasteiger charge is -2.26. The first kappa shape index (κ1) is 30.2. The Kier molecular flexibility index (Phi) is 13.9. The molecular weight excluding hydrogens is 438 g/mol. The van der Waals surface area contributed by atoms with E-state index < -0.39 is 66.4 Å². The Balaban J connectivity index is 5.45. The molecular formula is C20H37N5O8. The summed E-state index contributed by atoms with van der Waals surface area (Å²) in [5, 5.41) is 35.1. The third kappa shape index (κ3) is 12.2. The number of carboxylic acids is 2. The maximum atomic E-state index is 12.8. The highest BCUT2D eigenvalue weighted by Gasteiger charge is 2.32. The van der Waals surface area contributed by atoms with E-state index in [0.717, 1.165) is 0 Å². The third-order valence-corrected chi connectivity index (χ3v) is 4.70. The fraction of sp³-hybridized carbons (Fsp3) is 0.750. The molecule has 0 aromatic heterocycles. The van der Waals surface area contributed by atoms with E-state index in [1.807, 2.05) is 0 Å². The van der Waals surface area contributed by atoms with Crippen molar-refractivity contribution in [3.8, 4) is 0 Å². The number of hydrogen-bond acceptors (Lipinski definition) is 8. The molecule has 0 aliphatic carbocycles. The summed E-state index contributed by atoms with van der Waals surface area (Å²) in [6.45, 7) is 5.17. The maximum Gasteiger partial charge on any atom is 0.326 e. The van der Waals surface area contributed by atoms with Crippen molar-refractivity contribution in [1.29, 1.82) is 0 Å². The number of rotatable bonds is 16. The van der Waals surface area contributed by atoms with Gasteiger partial charge in [-0.2, -0.15) is 0 Å². The van der Waals surface area contributed by atoms with E-state index in [1.165, 1.54) is 6.92 Å². The lowest BCUT2D eigenvalue weighted by Crippen LogP contribution is -2.59. The Morgan fingerprint density at radius 3 is 1.88 bits per heavy atom. The quantitative estimate of drug-likeness (QED) is 0.113. The molecule has 0 radical (unpaired) electrons. The number of aliphatic hydroxyl groups is 1. The number of hydrogen-bond donors (Lipinski definition) is 8. The van der Waals surface area contributed by atoms with Gasteiger partial charge in [0, 0.05) is 0 Å². The van der Waals surface area contributed by atoms with Gasteiger partial charge in [0.05, 0.1) is 18.6 Å². The van der Waals surface area contributed by atoms with Crippen molar-refractivity contribution in [2.75, 3.05) is 6.54 Å². The molecule has 0 aliphatic heterocycles. The zero-order valence-corrected chi connectivity index (χ0v) is 19.2. The second-order valence-electron chi connectivity index (χ2n) is 8.31. The SMILES string of the molecule is CC(C)CC(NC(=O)C(CCCCN)NC(=O)C(NC(=O)C(N)CC(=O)O)C(C)O)C(=O)O. The van der Waals surface area contributed by atoms with Gasteiger partial charge in [-0.05, 0) is 45.1 Å². The average Bonchev–Trinajstić information content (AvgIpc) is 2.69. The predicted octanol–water partition coefficient (Wildman–Crippen LogP) is -2.12. The van der Waals surface area contributed by atoms with Crippen LogP contribution in [0.4, 0.5) is 0 Å². The Hall–Kier alpha value is -2.77. The smallest absolute Gasteiger partial charge is 0.326 e. The van der Waals surface area contributed by atoms with Gasteiger partial charge in [-0.25, -0.2) is 4.79 Å². The molecule has 13 nitrogen and oxygen atoms in total. The summed E-state index contributed by atoms with van der Waals surface area (Å²) >= 11 is 0. The van der Waals surface area contributed by atoms with E-state index in [9.17, 15) is 34.2 Å². The van der Waals surface area contributed by atoms with Crippen molar-refractivity contribution >= 4 is 29.7 Å². The minimum atomic E-state index is -1.52. The summed E-state index contributed by atoms with van der Waals surface area (Å²) in [7, 11) is 0. The molecule has 0 aliphatic rings. The van der Waals surface area contributed by atoms with Crippen LogP contribution in [-0.2, 0) is 24.0 Å². The Bertz CT molecular complexity index is 685. The minimum absolute atomic E-state index is 0.0125. The van der Waals surface area contributed by atoms with Gasteiger partial charge < -0.3 is 42.7 Å². The van der Waals surface area contributed by atoms with Gasteiger partial charge in [0.2, 0.25) is 17.7 Å². The molecule has 0 heterocycles. The number of carbonyl (C=O) groups excluding carboxylic acids is 3. The second kappa shape index (κ2) is 15.1. The second-order valence-corrected chi connectivity index (χ2v) is 8.31. The van der Waals surface area contributed by atoms with Crippen LogP contribution in [-0.4, -0.2) is 81.8 Å². The largest absolute Gasteiger partial charge is 0.481 e. The van der Waals surface area contributed by atoms with E-state index in [0.29, 0.717) is 19.4 Å². The topological polar surface area (TPSA) is 234 Å². The van der Waals surface area contributed by atoms with Crippen molar-refractivity contribution in [3.63, 3.8) is 0 Å². The van der Waals surface area contributed by atoms with Crippen molar-refractivity contribution in [1.82, 2.24) is 16.0 Å². The first-order chi connectivity index (χ1) is 15.3. The van der Waals surface area contributed by atoms with Crippen LogP contribution in [0.2, 0.25) is 0 Å². The zero-order chi connectivity index (χ0) is 25.7. The predicted molar refractivity (Wildman–Crippen MR) is 118 cm³/mol. The molecule has 33 heavy (non-hydrogen) atoms. The minimum Gasteiger partial charge on any atom is -0.481 e. The number of nitrogens with two attached hydrogens (primary N) is 2. The summed E-state index contributed by atoms with van der Waals surface area (Å²) in [5.41, 5.74) is 11.0. The normalized spacial score (nSPS) is 15.6. The van der Waals surface area contributed by atoms with Gasteiger partial charge in [-0.1, -0.05) is 13.8 Å². The molecule has 0 fully saturated rings. The highest BCUT2D eigenvalue weighted by molar-refractivity contribution is 5.95. The summed E-state index contributed by atoms with van der Waals surface area (Å²) in [4.78, 5) is 59.8. The number of unbranched alkanes of at least 4 members (excludes halogenated alkanes) is 1. The molecule has 5 atom stereocenters. The number of carboxylic acid groups (broad SMARTS) is 2. The lowest BCUT2D eigenvalue weighted by molar-refractivity contribution is -0.143. The Morgan fingerprint density at radius 1 is 0.848 bits per heavy atom. The number of aliphatic carboxylic acids is 2. The van der Waals surface area contributed by atoms with Crippen LogP contribution in [0, 0.1) is 5.92 Å². The van der Waals surface area contributed by atoms with Crippen molar-refractivity contribution in [2.45, 2.75) is 83.1 Å². The van der Waals surface area contributed by atoms with E-state index in [1.54, 1.807) is 13.8 Å². The lowest BCUT2D eigenvalue weighted by atomic mass is 10.0. The van der Waals surface area contributed by atoms with E-state index in [2.05, 4.69) is 16.0 Å². The van der Waals surface area contributed by atoms with Crippen LogP contribution in [0.15, 0.2) is 0 Å². The van der Waals surface area contributed by atoms with E-state index in [4.69, 9.17) is 16.6 Å². The first-order valence-electron chi connectivity index (χ1n) is 10.8. The van der Waals surface area contributed by atoms with Crippen LogP contribution >= 0.6 is 0 Å². The molecule has 0 spiro atoms. The van der Waals surface area contributed by atoms with Gasteiger partial charge in [-0.3, -0.25) is 19.2 Å². The van der Waals surface area contributed by atoms with Crippen LogP contribution in [0.3, 0.4) is 0 Å². The summed E-state index contributed by atoms with van der Waals surface area (Å²) in [5.74, 6) is -5.16. The fourth-order valence-electron chi connectivity index (χ4n) is 2.93. The number of nitrogens with one attached hydrogen (secondary N) is 3. The molecule has 0 aromatic carbocycles. The van der Waals surface area contributed by atoms with E-state index in [-0.39, 0.29) is 18.8 Å². The Morgan fingerprint density at radius 2 is 1.42 bits per heavy atom. The highest BCUT2D eigenvalue weighted by Crippen LogP contribution is 2.08. The number of amides is 3. The monoisotopic (exact) mass is 475 g/mol. The van der Waals surface area contributed by atoms with Gasteiger partial charge in [-0.15, -0.1) is 0 Å². The Labute approximate surface area is 192 Å². The summed E-state index contributed by atoms with van der Waals surface area (Å²) in [6.07, 6.45) is -0.761. The van der Waals surface area contributed by atoms with Crippen LogP contribution in [0.1, 0.15) is 52.9 Å². The molecule has 13 heteroatoms. The molecule has 3 amide bonds. The number of aliphatic hydroxyl groups excluding tert-OH is 1. The van der Waals surface area contributed by atoms with Gasteiger partial charge in [0.25, 0.3) is 0 Å². The van der Waals surface area contributed by atoms with Gasteiger partial charge in [0.1, 0.15) is 18.1 Å². The van der Waals surface area contributed by atoms with Crippen molar-refractivity contribution in [3.05, 3.63) is 0 Å². The molecule has 10 N–H and O–H groups in total. The molecule has 190 valence electrons. The van der Waals surface area contributed by atoms with Crippen LogP contribution < -0.4 is 27.4 Å². The molecule has 0 rings (SSSR count). The van der Waals surface area contributed by atoms with Gasteiger partial charge in [0.15, 0.2) is 0 Å². The van der Waals surface area contributed by atoms with E-state index >= 15 is 0 Å². The molecule has 5 unspecified atom stereocenters. The maximum absolute atomic E-state index is 12.8. The highest BCUT2D eigenvalue weighted by atomic mass is 16.4.